The van der Waals surface area contributed by atoms with E-state index >= 15 is 0 Å². The van der Waals surface area contributed by atoms with E-state index in [0.717, 1.165) is 12.8 Å². The van der Waals surface area contributed by atoms with E-state index in [1.807, 2.05) is 0 Å². The van der Waals surface area contributed by atoms with Crippen LogP contribution in [0.4, 0.5) is 21.8 Å². The van der Waals surface area contributed by atoms with E-state index in [9.17, 15) is 4.39 Å². The number of aromatic nitrogens is 4. The van der Waals surface area contributed by atoms with Crippen LogP contribution < -0.4 is 10.6 Å². The van der Waals surface area contributed by atoms with Crippen LogP contribution in [0.5, 0.6) is 0 Å². The first-order valence-corrected chi connectivity index (χ1v) is 7.96. The summed E-state index contributed by atoms with van der Waals surface area (Å²) >= 11 is 5.84. The molecular formula is C16H14ClFN6. The van der Waals surface area contributed by atoms with Gasteiger partial charge in [-0.25, -0.2) is 24.3 Å². The maximum atomic E-state index is 13.3. The minimum Gasteiger partial charge on any atom is -0.351 e. The maximum Gasteiger partial charge on any atom is 0.223 e. The summed E-state index contributed by atoms with van der Waals surface area (Å²) in [5.41, 5.74) is 1.86. The highest BCUT2D eigenvalue weighted by Crippen LogP contribution is 2.27. The molecule has 0 unspecified atom stereocenters. The fourth-order valence-electron chi connectivity index (χ4n) is 2.32. The van der Waals surface area contributed by atoms with Crippen molar-refractivity contribution >= 4 is 40.1 Å². The third kappa shape index (κ3) is 3.07. The minimum absolute atomic E-state index is 0.0424. The Balaban J connectivity index is 1.75. The molecule has 1 aliphatic carbocycles. The van der Waals surface area contributed by atoms with Crippen molar-refractivity contribution in [3.63, 3.8) is 0 Å². The molecule has 1 aromatic carbocycles. The minimum atomic E-state index is -0.468. The van der Waals surface area contributed by atoms with Crippen LogP contribution in [0.15, 0.2) is 24.4 Å². The van der Waals surface area contributed by atoms with E-state index in [4.69, 9.17) is 11.6 Å². The van der Waals surface area contributed by atoms with Gasteiger partial charge in [0.1, 0.15) is 22.7 Å². The summed E-state index contributed by atoms with van der Waals surface area (Å²) in [5.74, 6) is 1.20. The number of hydrogen-bond acceptors (Lipinski definition) is 6. The Hall–Kier alpha value is -2.54. The van der Waals surface area contributed by atoms with Gasteiger partial charge in [0.15, 0.2) is 5.82 Å². The van der Waals surface area contributed by atoms with Gasteiger partial charge in [0, 0.05) is 11.7 Å². The lowest BCUT2D eigenvalue weighted by molar-refractivity contribution is 0.628. The second-order valence-corrected chi connectivity index (χ2v) is 6.13. The molecule has 24 heavy (non-hydrogen) atoms. The van der Waals surface area contributed by atoms with Gasteiger partial charge >= 0.3 is 0 Å². The van der Waals surface area contributed by atoms with E-state index in [-0.39, 0.29) is 5.02 Å². The summed E-state index contributed by atoms with van der Waals surface area (Å²) in [5, 5.41) is 6.43. The number of rotatable bonds is 4. The Morgan fingerprint density at radius 2 is 2.04 bits per heavy atom. The smallest absolute Gasteiger partial charge is 0.223 e. The molecule has 1 saturated carbocycles. The first-order valence-electron chi connectivity index (χ1n) is 7.58. The van der Waals surface area contributed by atoms with Crippen molar-refractivity contribution in [2.45, 2.75) is 25.8 Å². The number of hydrogen-bond donors (Lipinski definition) is 2. The summed E-state index contributed by atoms with van der Waals surface area (Å²) in [4.78, 5) is 17.6. The first kappa shape index (κ1) is 15.0. The number of anilines is 3. The van der Waals surface area contributed by atoms with Gasteiger partial charge < -0.3 is 10.6 Å². The Morgan fingerprint density at radius 3 is 2.79 bits per heavy atom. The predicted molar refractivity (Wildman–Crippen MR) is 91.2 cm³/mol. The molecule has 0 bridgehead atoms. The molecule has 2 N–H and O–H groups in total. The van der Waals surface area contributed by atoms with E-state index in [2.05, 4.69) is 30.6 Å². The van der Waals surface area contributed by atoms with Crippen molar-refractivity contribution < 1.29 is 4.39 Å². The highest BCUT2D eigenvalue weighted by atomic mass is 35.5. The summed E-state index contributed by atoms with van der Waals surface area (Å²) < 4.78 is 13.3. The fourth-order valence-corrected chi connectivity index (χ4v) is 2.50. The van der Waals surface area contributed by atoms with Gasteiger partial charge in [-0.05, 0) is 38.0 Å². The lowest BCUT2D eigenvalue weighted by atomic mass is 10.3. The molecule has 0 amide bonds. The number of aryl methyl sites for hydroxylation is 1. The molecule has 2 aromatic heterocycles. The van der Waals surface area contributed by atoms with Gasteiger partial charge in [0.25, 0.3) is 0 Å². The fraction of sp³-hybridized carbons (Fsp3) is 0.250. The van der Waals surface area contributed by atoms with Crippen molar-refractivity contribution in [2.24, 2.45) is 0 Å². The van der Waals surface area contributed by atoms with Crippen LogP contribution in [-0.4, -0.2) is 26.0 Å². The Labute approximate surface area is 142 Å². The summed E-state index contributed by atoms with van der Waals surface area (Å²) in [6.45, 7) is 1.79. The van der Waals surface area contributed by atoms with E-state index < -0.39 is 5.82 Å². The molecule has 8 heteroatoms. The molecule has 0 atom stereocenters. The topological polar surface area (TPSA) is 75.6 Å². The molecule has 1 fully saturated rings. The third-order valence-corrected chi connectivity index (χ3v) is 3.93. The highest BCUT2D eigenvalue weighted by Gasteiger charge is 2.22. The van der Waals surface area contributed by atoms with Crippen molar-refractivity contribution in [3.05, 3.63) is 41.1 Å². The normalized spacial score (nSPS) is 14.0. The lowest BCUT2D eigenvalue weighted by Crippen LogP contribution is -2.07. The zero-order valence-electron chi connectivity index (χ0n) is 12.8. The molecule has 0 aliphatic heterocycles. The molecule has 2 heterocycles. The predicted octanol–water partition coefficient (Wildman–Crippen LogP) is 3.84. The average Bonchev–Trinajstić information content (AvgIpc) is 3.35. The van der Waals surface area contributed by atoms with Crippen LogP contribution in [-0.2, 0) is 0 Å². The molecule has 0 saturated heterocycles. The van der Waals surface area contributed by atoms with Crippen molar-refractivity contribution in [3.8, 4) is 0 Å². The summed E-state index contributed by atoms with van der Waals surface area (Å²) in [6.07, 6.45) is 3.93. The number of benzene rings is 1. The van der Waals surface area contributed by atoms with Crippen LogP contribution >= 0.6 is 11.6 Å². The number of nitrogens with one attached hydrogen (secondary N) is 2. The average molecular weight is 345 g/mol. The zero-order chi connectivity index (χ0) is 16.7. The Kier molecular flexibility index (Phi) is 3.65. The monoisotopic (exact) mass is 344 g/mol. The Morgan fingerprint density at radius 1 is 1.21 bits per heavy atom. The van der Waals surface area contributed by atoms with Crippen molar-refractivity contribution in [1.29, 1.82) is 0 Å². The molecule has 1 aliphatic rings. The number of halogens is 2. The standard InChI is InChI=1S/C16H14ClFN6/c1-8-20-13-7-19-16(23-9-2-3-9)24-14(13)15(21-8)22-10-4-5-12(18)11(17)6-10/h4-7,9H,2-3H2,1H3,(H,19,23,24)(H,20,21,22). The highest BCUT2D eigenvalue weighted by molar-refractivity contribution is 6.31. The van der Waals surface area contributed by atoms with Gasteiger partial charge in [0.2, 0.25) is 5.95 Å². The quantitative estimate of drug-likeness (QED) is 0.749. The van der Waals surface area contributed by atoms with Crippen molar-refractivity contribution in [2.75, 3.05) is 10.6 Å². The van der Waals surface area contributed by atoms with Crippen LogP contribution in [0.1, 0.15) is 18.7 Å². The summed E-state index contributed by atoms with van der Waals surface area (Å²) in [7, 11) is 0. The molecule has 0 radical (unpaired) electrons. The van der Waals surface area contributed by atoms with Crippen LogP contribution in [0.2, 0.25) is 5.02 Å². The number of nitrogens with zero attached hydrogens (tertiary/aromatic N) is 4. The van der Waals surface area contributed by atoms with E-state index in [0.29, 0.717) is 40.4 Å². The van der Waals surface area contributed by atoms with Crippen LogP contribution in [0, 0.1) is 12.7 Å². The number of fused-ring (bicyclic) bond motifs is 1. The summed E-state index contributed by atoms with van der Waals surface area (Å²) in [6, 6.07) is 4.84. The van der Waals surface area contributed by atoms with E-state index in [1.165, 1.54) is 12.1 Å². The first-order chi connectivity index (χ1) is 11.6. The molecule has 6 nitrogen and oxygen atoms in total. The van der Waals surface area contributed by atoms with Gasteiger partial charge in [-0.15, -0.1) is 0 Å². The van der Waals surface area contributed by atoms with Gasteiger partial charge in [0.05, 0.1) is 11.2 Å². The maximum absolute atomic E-state index is 13.3. The second-order valence-electron chi connectivity index (χ2n) is 5.72. The van der Waals surface area contributed by atoms with Crippen LogP contribution in [0.3, 0.4) is 0 Å². The molecular weight excluding hydrogens is 331 g/mol. The SMILES string of the molecule is Cc1nc(Nc2ccc(F)c(Cl)c2)c2nc(NC3CC3)ncc2n1. The molecule has 4 rings (SSSR count). The molecule has 3 aromatic rings. The largest absolute Gasteiger partial charge is 0.351 e. The third-order valence-electron chi connectivity index (χ3n) is 3.64. The lowest BCUT2D eigenvalue weighted by Gasteiger charge is -2.10. The van der Waals surface area contributed by atoms with E-state index in [1.54, 1.807) is 19.2 Å². The van der Waals surface area contributed by atoms with Crippen LogP contribution in [0.25, 0.3) is 11.0 Å². The second kappa shape index (κ2) is 5.83. The van der Waals surface area contributed by atoms with Gasteiger partial charge in [-0.1, -0.05) is 11.6 Å². The molecule has 122 valence electrons. The van der Waals surface area contributed by atoms with Crippen molar-refractivity contribution in [1.82, 2.24) is 19.9 Å². The zero-order valence-corrected chi connectivity index (χ0v) is 13.6. The molecule has 0 spiro atoms. The Bertz CT molecular complexity index is 928. The van der Waals surface area contributed by atoms with Gasteiger partial charge in [-0.2, -0.15) is 0 Å². The van der Waals surface area contributed by atoms with Gasteiger partial charge in [-0.3, -0.25) is 0 Å².